The van der Waals surface area contributed by atoms with Gasteiger partial charge in [-0.1, -0.05) is 90.0 Å². The molecule has 0 aliphatic heterocycles. The summed E-state index contributed by atoms with van der Waals surface area (Å²) in [5.74, 6) is 0. The summed E-state index contributed by atoms with van der Waals surface area (Å²) in [6.07, 6.45) is 0. The summed E-state index contributed by atoms with van der Waals surface area (Å²) < 4.78 is 144. The van der Waals surface area contributed by atoms with E-state index in [9.17, 15) is 57.1 Å². The van der Waals surface area contributed by atoms with Crippen molar-refractivity contribution >= 4 is 152 Å². The largest absolute Gasteiger partial charge is 1.00 e. The van der Waals surface area contributed by atoms with Crippen LogP contribution in [0.25, 0.3) is 177 Å². The van der Waals surface area contributed by atoms with Crippen LogP contribution in [0.5, 0.6) is 0 Å². The summed E-state index contributed by atoms with van der Waals surface area (Å²) >= 11 is 1.42. The summed E-state index contributed by atoms with van der Waals surface area (Å²) in [6, 6.07) is 58.9. The second-order valence-corrected chi connectivity index (χ2v) is 30.9. The quantitative estimate of drug-likeness (QED) is 0.0454. The Morgan fingerprint density at radius 3 is 0.820 bits per heavy atom. The number of hydrogen-bond acceptors (Lipinski definition) is 28. The molecule has 12 aromatic carbocycles. The summed E-state index contributed by atoms with van der Waals surface area (Å²) in [4.78, 5) is 37.5. The predicted molar refractivity (Wildman–Crippen MR) is 384 cm³/mol. The molecule has 4 aliphatic carbocycles. The molecule has 0 spiro atoms. The van der Waals surface area contributed by atoms with E-state index in [0.29, 0.717) is 122 Å². The molecule has 16 aromatic rings. The first kappa shape index (κ1) is 87.4. The summed E-state index contributed by atoms with van der Waals surface area (Å²) in [7, 11) is -18.0. The number of nitrogens with zero attached hydrogens (tertiary/aromatic N) is 8. The smallest absolute Gasteiger partial charge is 0.870 e. The van der Waals surface area contributed by atoms with Crippen LogP contribution in [0.1, 0.15) is 0 Å². The van der Waals surface area contributed by atoms with Gasteiger partial charge in [0.25, 0.3) is 20.2 Å². The van der Waals surface area contributed by atoms with Gasteiger partial charge >= 0.3 is 148 Å². The third-order valence-electron chi connectivity index (χ3n) is 17.7. The summed E-state index contributed by atoms with van der Waals surface area (Å²) in [6.45, 7) is 0. The van der Waals surface area contributed by atoms with Crippen LogP contribution >= 0.6 is 24.1 Å². The van der Waals surface area contributed by atoms with Crippen molar-refractivity contribution in [3.8, 4) is 90.1 Å². The maximum atomic E-state index is 11.8. The van der Waals surface area contributed by atoms with Crippen LogP contribution in [-0.4, -0.2) is 108 Å². The van der Waals surface area contributed by atoms with Gasteiger partial charge in [-0.15, -0.1) is 4.33 Å². The maximum Gasteiger partial charge on any atom is 1.00 e. The predicted octanol–water partition coefficient (Wildman–Crippen LogP) is -1.65. The zero-order valence-corrected chi connectivity index (χ0v) is 72.9. The molecule has 528 valence electrons. The fourth-order valence-electron chi connectivity index (χ4n) is 13.5. The van der Waals surface area contributed by atoms with Crippen LogP contribution in [0.2, 0.25) is 0 Å². The third-order valence-corrected chi connectivity index (χ3v) is 22.1. The molecule has 0 unspecified atom stereocenters. The molecule has 0 atom stereocenters. The van der Waals surface area contributed by atoms with Crippen LogP contribution in [0.15, 0.2) is 236 Å². The second kappa shape index (κ2) is 34.1. The number of para-hydroxylation sites is 8. The normalized spacial score (nSPS) is 11.9. The van der Waals surface area contributed by atoms with Crippen LogP contribution in [0, 0.1) is 0 Å². The van der Waals surface area contributed by atoms with Gasteiger partial charge < -0.3 is 25.3 Å². The Morgan fingerprint density at radius 2 is 0.541 bits per heavy atom. The van der Waals surface area contributed by atoms with Gasteiger partial charge in [-0.3, -0.25) is 14.1 Å². The van der Waals surface area contributed by atoms with Crippen molar-refractivity contribution in [2.24, 2.45) is 0 Å². The average Bonchev–Trinajstić information content (AvgIpc) is 1.60. The van der Waals surface area contributed by atoms with E-state index in [1.807, 2.05) is 121 Å². The zero-order valence-electron chi connectivity index (χ0n) is 58.0. The topological polar surface area (TPSA) is 466 Å². The zero-order chi connectivity index (χ0) is 71.9. The van der Waals surface area contributed by atoms with Crippen LogP contribution in [0.3, 0.4) is 0 Å². The van der Waals surface area contributed by atoms with Gasteiger partial charge in [0.15, 0.2) is 0 Å². The van der Waals surface area contributed by atoms with E-state index in [1.165, 1.54) is 48.5 Å². The Balaban J connectivity index is 0.000000154. The molecule has 4 heterocycles. The van der Waals surface area contributed by atoms with Crippen molar-refractivity contribution in [2.45, 2.75) is 29.4 Å². The number of hydrogen-bond donors (Lipinski definition) is 3. The third kappa shape index (κ3) is 16.3. The van der Waals surface area contributed by atoms with Gasteiger partial charge in [-0.25, -0.2) is 62.0 Å². The maximum absolute atomic E-state index is 11.8. The van der Waals surface area contributed by atoms with E-state index < -0.39 is 40.5 Å². The van der Waals surface area contributed by atoms with Crippen LogP contribution in [-0.2, 0) is 59.2 Å². The number of rotatable bonds is 10. The molecule has 4 aromatic heterocycles. The minimum Gasteiger partial charge on any atom is -0.870 e. The summed E-state index contributed by atoms with van der Waals surface area (Å²) in [5.41, 5.74) is 16.3. The Labute approximate surface area is 747 Å². The molecule has 0 amide bonds. The average molecular weight is 1640 g/mol. The molecule has 4 aliphatic rings. The van der Waals surface area contributed by atoms with Crippen molar-refractivity contribution in [3.05, 3.63) is 206 Å². The Kier molecular flexibility index (Phi) is 26.9. The SMILES string of the molecule is O=S(=O)(O)c1cc2c3c(cc(SOOO)cc3c1)-c1nc3ccccc3nc1-2.O=S(=O)(O)c1cc2c3c(cccc3c1)-c1nc3ccccc3nc1-2.O=S(=O)([O-])c1cc2c3c(cc(SOO[O-])cc3c1)-c1nc3ccccc3nc1-2.O=S(=O)([O-])c1cc2c3c(cccc3c1)-c1nc3ccccc3nc1-2.[Na+].[Na+].[Na+].[Na+].[Na+].[OH-].[OH-]. The van der Waals surface area contributed by atoms with E-state index in [1.54, 1.807) is 36.4 Å². The molecular formula is C72H39N8Na5O20S6. The number of aromatic nitrogens is 8. The fraction of sp³-hybridized carbons (Fsp3) is 0. The van der Waals surface area contributed by atoms with Gasteiger partial charge in [0, 0.05) is 75.8 Å². The Hall–Kier alpha value is -5.94. The van der Waals surface area contributed by atoms with E-state index >= 15 is 0 Å². The van der Waals surface area contributed by atoms with Gasteiger partial charge in [-0.2, -0.15) is 21.2 Å². The first-order chi connectivity index (χ1) is 49.9. The van der Waals surface area contributed by atoms with Gasteiger partial charge in [-0.05, 0) is 143 Å². The van der Waals surface area contributed by atoms with E-state index in [2.05, 4.69) is 43.7 Å². The minimum atomic E-state index is -4.69. The standard InChI is InChI=1S/2C18H10N2O6S2.2C18H10N2O3S.5Na.2H2O/c2*21-25-26-27-10-5-9-6-11(28(22,23)24)8-13-16(9)12(7-10)17-18(13)20-15-4-2-1-3-14(15)19-17;2*21-24(22,23)11-8-10-4-3-5-12-16(10)13(9-11)18-17(12)19-14-6-1-2-7-15(14)20-18;;;;;;;/h2*1-8,21H,(H,22,23,24);2*1-9H,(H,21,22,23);;;;;;2*1H2/q;;;;5*+1;;/p-5. The molecule has 111 heavy (non-hydrogen) atoms. The van der Waals surface area contributed by atoms with Crippen molar-refractivity contribution in [1.29, 1.82) is 0 Å². The van der Waals surface area contributed by atoms with Crippen LogP contribution in [0.4, 0.5) is 0 Å². The van der Waals surface area contributed by atoms with Gasteiger partial charge in [0.2, 0.25) is 0 Å². The monoisotopic (exact) mass is 1640 g/mol. The van der Waals surface area contributed by atoms with Gasteiger partial charge in [0.1, 0.15) is 20.2 Å². The Bertz CT molecular complexity index is 6620. The van der Waals surface area contributed by atoms with Crippen molar-refractivity contribution in [2.75, 3.05) is 0 Å². The van der Waals surface area contributed by atoms with E-state index in [-0.39, 0.29) is 178 Å². The first-order valence-corrected chi connectivity index (χ1v) is 37.8. The van der Waals surface area contributed by atoms with E-state index in [4.69, 9.17) is 20.2 Å². The first-order valence-electron chi connectivity index (χ1n) is 30.6. The molecule has 28 nitrogen and oxygen atoms in total. The Morgan fingerprint density at radius 1 is 0.297 bits per heavy atom. The molecule has 5 N–H and O–H groups in total. The van der Waals surface area contributed by atoms with Crippen molar-refractivity contribution < 1.29 is 240 Å². The van der Waals surface area contributed by atoms with Crippen molar-refractivity contribution in [1.82, 2.24) is 39.9 Å². The van der Waals surface area contributed by atoms with E-state index in [0.717, 1.165) is 89.1 Å². The molecule has 0 saturated carbocycles. The van der Waals surface area contributed by atoms with Crippen LogP contribution < -0.4 is 153 Å². The molecule has 0 fully saturated rings. The number of benzene rings is 12. The summed E-state index contributed by atoms with van der Waals surface area (Å²) in [5, 5.41) is 31.4. The number of fused-ring (bicyclic) bond motifs is 16. The molecule has 0 saturated heterocycles. The molecule has 20 rings (SSSR count). The fourth-order valence-corrected chi connectivity index (χ4v) is 16.6. The molecular weight excluding hydrogens is 1600 g/mol. The van der Waals surface area contributed by atoms with Crippen molar-refractivity contribution in [3.63, 3.8) is 0 Å². The minimum absolute atomic E-state index is 0. The molecule has 0 bridgehead atoms. The second-order valence-electron chi connectivity index (χ2n) is 23.8. The molecule has 0 radical (unpaired) electrons. The van der Waals surface area contributed by atoms with Gasteiger partial charge in [0.05, 0.1) is 133 Å². The molecule has 39 heteroatoms.